The summed E-state index contributed by atoms with van der Waals surface area (Å²) < 4.78 is 0. The molecule has 1 aromatic carbocycles. The van der Waals surface area contributed by atoms with Crippen molar-refractivity contribution in [2.24, 2.45) is 10.9 Å². The predicted molar refractivity (Wildman–Crippen MR) is 65.5 cm³/mol. The van der Waals surface area contributed by atoms with E-state index in [9.17, 15) is 0 Å². The first-order valence-electron chi connectivity index (χ1n) is 4.91. The molecule has 0 atom stereocenters. The molecule has 2 aromatic rings. The number of nitrogens with two attached hydrogens (primary N) is 2. The molecule has 0 saturated heterocycles. The van der Waals surface area contributed by atoms with Crippen LogP contribution < -0.4 is 17.2 Å². The van der Waals surface area contributed by atoms with Gasteiger partial charge in [0, 0.05) is 11.1 Å². The molecule has 0 fully saturated rings. The first-order valence-corrected chi connectivity index (χ1v) is 4.91. The summed E-state index contributed by atoms with van der Waals surface area (Å²) in [5, 5.41) is 7.62. The highest BCUT2D eigenvalue weighted by Crippen LogP contribution is 2.15. The van der Waals surface area contributed by atoms with Crippen LogP contribution in [0.15, 0.2) is 41.5 Å². The molecule has 0 unspecified atom stereocenters. The second-order valence-electron chi connectivity index (χ2n) is 3.37. The van der Waals surface area contributed by atoms with Crippen LogP contribution in [0.25, 0.3) is 11.3 Å². The molecule has 5 heteroatoms. The van der Waals surface area contributed by atoms with Crippen molar-refractivity contribution in [3.05, 3.63) is 47.4 Å². The van der Waals surface area contributed by atoms with Crippen molar-refractivity contribution in [3.63, 3.8) is 0 Å². The Morgan fingerprint density at radius 1 is 1.18 bits per heavy atom. The van der Waals surface area contributed by atoms with E-state index < -0.39 is 0 Å². The third kappa shape index (κ3) is 2.11. The van der Waals surface area contributed by atoms with Crippen LogP contribution in [0.1, 0.15) is 5.56 Å². The van der Waals surface area contributed by atoms with Crippen LogP contribution in [0.5, 0.6) is 0 Å². The molecule has 0 radical (unpaired) electrons. The third-order valence-corrected chi connectivity index (χ3v) is 2.32. The monoisotopic (exact) mass is 225 g/mol. The van der Waals surface area contributed by atoms with Gasteiger partial charge in [0.25, 0.3) is 0 Å². The van der Waals surface area contributed by atoms with Gasteiger partial charge in [0.1, 0.15) is 0 Å². The average molecular weight is 225 g/mol. The number of nitrogens with zero attached hydrogens (tertiary/aromatic N) is 3. The van der Waals surface area contributed by atoms with E-state index in [-0.39, 0.29) is 0 Å². The summed E-state index contributed by atoms with van der Waals surface area (Å²) in [5.41, 5.74) is 2.87. The molecule has 4 N–H and O–H groups in total. The summed E-state index contributed by atoms with van der Waals surface area (Å²) in [4.78, 5) is 1.13. The van der Waals surface area contributed by atoms with Crippen molar-refractivity contribution in [2.45, 2.75) is 0 Å². The lowest BCUT2D eigenvalue weighted by Gasteiger charge is -2.03. The van der Waals surface area contributed by atoms with E-state index in [4.69, 9.17) is 18.1 Å². The fourth-order valence-corrected chi connectivity index (χ4v) is 1.42. The van der Waals surface area contributed by atoms with Gasteiger partial charge in [0.05, 0.1) is 5.69 Å². The average Bonchev–Trinajstić information content (AvgIpc) is 2.39. The highest BCUT2D eigenvalue weighted by molar-refractivity contribution is 5.59. The van der Waals surface area contributed by atoms with E-state index in [0.717, 1.165) is 21.6 Å². The number of aromatic nitrogens is 2. The van der Waals surface area contributed by atoms with Gasteiger partial charge in [-0.1, -0.05) is 18.1 Å². The fraction of sp³-hybridized carbons (Fsp3) is 0. The molecule has 0 bridgehead atoms. The second kappa shape index (κ2) is 4.41. The largest absolute Gasteiger partial charge is 0.321 e. The van der Waals surface area contributed by atoms with Crippen molar-refractivity contribution in [3.8, 4) is 23.6 Å². The molecular formula is C12H11N5. The Kier molecular flexibility index (Phi) is 2.79. The van der Waals surface area contributed by atoms with E-state index in [1.165, 1.54) is 0 Å². The molecule has 0 aliphatic carbocycles. The van der Waals surface area contributed by atoms with Crippen molar-refractivity contribution in [2.75, 3.05) is 5.84 Å². The quantitative estimate of drug-likeness (QED) is 0.408. The summed E-state index contributed by atoms with van der Waals surface area (Å²) in [6, 6.07) is 10.9. The van der Waals surface area contributed by atoms with Gasteiger partial charge in [0.2, 0.25) is 0 Å². The minimum Gasteiger partial charge on any atom is -0.321 e. The Morgan fingerprint density at radius 3 is 2.41 bits per heavy atom. The van der Waals surface area contributed by atoms with Crippen molar-refractivity contribution < 1.29 is 0 Å². The lowest BCUT2D eigenvalue weighted by Crippen LogP contribution is -2.31. The van der Waals surface area contributed by atoms with Crippen LogP contribution in [-0.4, -0.2) is 9.89 Å². The molecule has 84 valence electrons. The van der Waals surface area contributed by atoms with Gasteiger partial charge in [-0.2, -0.15) is 15.0 Å². The molecule has 1 aromatic heterocycles. The van der Waals surface area contributed by atoms with Crippen LogP contribution in [0.3, 0.4) is 0 Å². The lowest BCUT2D eigenvalue weighted by molar-refractivity contribution is 0.738. The SMILES string of the molecule is C#Cc1ccc(-c2cc/c(=N/N)n(N)n2)cc1. The summed E-state index contributed by atoms with van der Waals surface area (Å²) in [5.74, 6) is 13.3. The zero-order valence-electron chi connectivity index (χ0n) is 9.04. The van der Waals surface area contributed by atoms with Gasteiger partial charge in [-0.25, -0.2) is 0 Å². The summed E-state index contributed by atoms with van der Waals surface area (Å²) in [6.07, 6.45) is 5.28. The Hall–Kier alpha value is -2.74. The van der Waals surface area contributed by atoms with Crippen molar-refractivity contribution >= 4 is 0 Å². The van der Waals surface area contributed by atoms with Gasteiger partial charge in [0.15, 0.2) is 5.49 Å². The van der Waals surface area contributed by atoms with E-state index in [0.29, 0.717) is 5.49 Å². The van der Waals surface area contributed by atoms with Crippen LogP contribution in [0, 0.1) is 12.3 Å². The first kappa shape index (κ1) is 10.8. The summed E-state index contributed by atoms with van der Waals surface area (Å²) in [7, 11) is 0. The maximum absolute atomic E-state index is 5.62. The van der Waals surface area contributed by atoms with Crippen LogP contribution in [-0.2, 0) is 0 Å². The molecule has 17 heavy (non-hydrogen) atoms. The van der Waals surface area contributed by atoms with Gasteiger partial charge in [-0.05, 0) is 24.3 Å². The normalized spacial score (nSPS) is 11.1. The molecular weight excluding hydrogens is 214 g/mol. The van der Waals surface area contributed by atoms with Gasteiger partial charge >= 0.3 is 0 Å². The maximum Gasteiger partial charge on any atom is 0.190 e. The minimum atomic E-state index is 0.397. The number of rotatable bonds is 1. The summed E-state index contributed by atoms with van der Waals surface area (Å²) in [6.45, 7) is 0. The van der Waals surface area contributed by atoms with E-state index in [2.05, 4.69) is 16.1 Å². The van der Waals surface area contributed by atoms with E-state index in [1.54, 1.807) is 12.1 Å². The Morgan fingerprint density at radius 2 is 1.88 bits per heavy atom. The molecule has 0 spiro atoms. The van der Waals surface area contributed by atoms with Crippen molar-refractivity contribution in [1.82, 2.24) is 9.89 Å². The zero-order valence-corrected chi connectivity index (χ0v) is 9.04. The zero-order chi connectivity index (χ0) is 12.3. The fourth-order valence-electron chi connectivity index (χ4n) is 1.42. The van der Waals surface area contributed by atoms with E-state index >= 15 is 0 Å². The van der Waals surface area contributed by atoms with Crippen LogP contribution in [0.2, 0.25) is 0 Å². The van der Waals surface area contributed by atoms with Crippen molar-refractivity contribution in [1.29, 1.82) is 0 Å². The maximum atomic E-state index is 5.62. The van der Waals surface area contributed by atoms with Gasteiger partial charge in [-0.3, -0.25) is 0 Å². The lowest BCUT2D eigenvalue weighted by atomic mass is 10.1. The first-order chi connectivity index (χ1) is 8.24. The van der Waals surface area contributed by atoms with Gasteiger partial charge in [-0.15, -0.1) is 6.42 Å². The van der Waals surface area contributed by atoms with Gasteiger partial charge < -0.3 is 11.7 Å². The van der Waals surface area contributed by atoms with Crippen LogP contribution >= 0.6 is 0 Å². The molecule has 0 aliphatic heterocycles. The number of hydrogen-bond acceptors (Lipinski definition) is 4. The smallest absolute Gasteiger partial charge is 0.190 e. The molecule has 0 amide bonds. The standard InChI is InChI=1S/C12H11N5/c1-2-9-3-5-10(6-4-9)11-7-8-12(15-13)17(14)16-11/h1,3-8H,13-14H2/b15-12-. The number of hydrogen-bond donors (Lipinski definition) is 2. The number of benzene rings is 1. The molecule has 5 nitrogen and oxygen atoms in total. The Labute approximate surface area is 98.4 Å². The Balaban J connectivity index is 2.47. The van der Waals surface area contributed by atoms with Crippen LogP contribution in [0.4, 0.5) is 0 Å². The summed E-state index contributed by atoms with van der Waals surface area (Å²) >= 11 is 0. The highest BCUT2D eigenvalue weighted by Gasteiger charge is 2.00. The molecule has 1 heterocycles. The minimum absolute atomic E-state index is 0.397. The highest BCUT2D eigenvalue weighted by atomic mass is 15.5. The Bertz CT molecular complexity index is 631. The molecule has 2 rings (SSSR count). The predicted octanol–water partition coefficient (Wildman–Crippen LogP) is 0.0196. The molecule has 0 saturated carbocycles. The van der Waals surface area contributed by atoms with E-state index in [1.807, 2.05) is 24.3 Å². The number of nitrogen functional groups attached to an aromatic ring is 1. The topological polar surface area (TPSA) is 82.2 Å². The second-order valence-corrected chi connectivity index (χ2v) is 3.37. The third-order valence-electron chi connectivity index (χ3n) is 2.32. The number of terminal acetylenes is 1. The molecule has 0 aliphatic rings.